The molecule has 0 bridgehead atoms. The van der Waals surface area contributed by atoms with E-state index in [1.165, 1.54) is 0 Å². The summed E-state index contributed by atoms with van der Waals surface area (Å²) in [6.07, 6.45) is 2.13. The molecular weight excluding hydrogens is 226 g/mol. The van der Waals surface area contributed by atoms with Gasteiger partial charge in [0.15, 0.2) is 0 Å². The second-order valence-electron chi connectivity index (χ2n) is 3.47. The molecule has 0 aliphatic heterocycles. The number of nitrogens with one attached hydrogen (secondary N) is 1. The quantitative estimate of drug-likeness (QED) is 0.524. The topological polar surface area (TPSA) is 39.7 Å². The Hall–Kier alpha value is 0.190. The molecule has 0 saturated carbocycles. The average molecular weight is 251 g/mol. The maximum absolute atomic E-state index is 5.39. The van der Waals surface area contributed by atoms with Gasteiger partial charge in [-0.1, -0.05) is 6.92 Å². The molecule has 1 atom stereocenters. The molecule has 1 N–H and O–H groups in total. The summed E-state index contributed by atoms with van der Waals surface area (Å²) in [5.74, 6) is 0. The molecule has 16 heavy (non-hydrogen) atoms. The van der Waals surface area contributed by atoms with Crippen LogP contribution >= 0.6 is 11.8 Å². The van der Waals surface area contributed by atoms with E-state index in [1.807, 2.05) is 11.8 Å². The summed E-state index contributed by atoms with van der Waals surface area (Å²) in [5, 5.41) is 4.00. The van der Waals surface area contributed by atoms with Crippen LogP contribution in [-0.4, -0.2) is 64.7 Å². The number of hydrogen-bond acceptors (Lipinski definition) is 5. The second-order valence-corrected chi connectivity index (χ2v) is 4.74. The van der Waals surface area contributed by atoms with Crippen LogP contribution < -0.4 is 5.32 Å². The van der Waals surface area contributed by atoms with Gasteiger partial charge in [-0.05, 0) is 6.26 Å². The predicted octanol–water partition coefficient (Wildman–Crippen LogP) is 1.01. The van der Waals surface area contributed by atoms with E-state index in [1.54, 1.807) is 7.11 Å². The molecule has 1 unspecified atom stereocenters. The van der Waals surface area contributed by atoms with Crippen LogP contribution in [0, 0.1) is 0 Å². The Labute approximate surface area is 103 Å². The highest BCUT2D eigenvalue weighted by Crippen LogP contribution is 2.01. The zero-order valence-corrected chi connectivity index (χ0v) is 11.5. The molecule has 0 aromatic rings. The van der Waals surface area contributed by atoms with E-state index < -0.39 is 0 Å². The molecule has 0 amide bonds. The Bertz CT molecular complexity index is 138. The normalized spacial score (nSPS) is 12.9. The van der Waals surface area contributed by atoms with Crippen LogP contribution in [-0.2, 0) is 14.2 Å². The fourth-order valence-corrected chi connectivity index (χ4v) is 1.28. The lowest BCUT2D eigenvalue weighted by Gasteiger charge is -2.10. The zero-order chi connectivity index (χ0) is 12.1. The zero-order valence-electron chi connectivity index (χ0n) is 10.7. The van der Waals surface area contributed by atoms with Crippen molar-refractivity contribution in [2.24, 2.45) is 0 Å². The maximum Gasteiger partial charge on any atom is 0.0701 e. The van der Waals surface area contributed by atoms with E-state index in [4.69, 9.17) is 14.2 Å². The van der Waals surface area contributed by atoms with Gasteiger partial charge < -0.3 is 19.5 Å². The van der Waals surface area contributed by atoms with Crippen molar-refractivity contribution in [3.63, 3.8) is 0 Å². The summed E-state index contributed by atoms with van der Waals surface area (Å²) in [6.45, 7) is 7.49. The van der Waals surface area contributed by atoms with Crippen molar-refractivity contribution in [2.45, 2.75) is 12.2 Å². The number of ether oxygens (including phenoxy) is 3. The number of methoxy groups -OCH3 is 1. The first kappa shape index (κ1) is 16.2. The smallest absolute Gasteiger partial charge is 0.0701 e. The van der Waals surface area contributed by atoms with Gasteiger partial charge in [-0.2, -0.15) is 11.8 Å². The first-order chi connectivity index (χ1) is 7.81. The van der Waals surface area contributed by atoms with E-state index >= 15 is 0 Å². The van der Waals surface area contributed by atoms with Crippen LogP contribution in [0.1, 0.15) is 6.92 Å². The number of thioether (sulfide) groups is 1. The van der Waals surface area contributed by atoms with Gasteiger partial charge in [-0.25, -0.2) is 0 Å². The Morgan fingerprint density at radius 2 is 1.69 bits per heavy atom. The fourth-order valence-electron chi connectivity index (χ4n) is 0.997. The van der Waals surface area contributed by atoms with E-state index in [0.717, 1.165) is 19.7 Å². The van der Waals surface area contributed by atoms with Crippen molar-refractivity contribution < 1.29 is 14.2 Å². The van der Waals surface area contributed by atoms with Gasteiger partial charge in [0.1, 0.15) is 0 Å². The molecule has 0 aromatic carbocycles. The minimum atomic E-state index is 0.642. The third-order valence-electron chi connectivity index (χ3n) is 2.06. The first-order valence-electron chi connectivity index (χ1n) is 5.69. The SMILES string of the molecule is COCCOCCOCCNCC(C)SC. The van der Waals surface area contributed by atoms with Gasteiger partial charge >= 0.3 is 0 Å². The van der Waals surface area contributed by atoms with Gasteiger partial charge in [0.2, 0.25) is 0 Å². The lowest BCUT2D eigenvalue weighted by Crippen LogP contribution is -2.26. The lowest BCUT2D eigenvalue weighted by atomic mass is 10.4. The molecule has 0 spiro atoms. The summed E-state index contributed by atoms with van der Waals surface area (Å²) < 4.78 is 15.5. The lowest BCUT2D eigenvalue weighted by molar-refractivity contribution is 0.0256. The van der Waals surface area contributed by atoms with Crippen molar-refractivity contribution >= 4 is 11.8 Å². The largest absolute Gasteiger partial charge is 0.382 e. The van der Waals surface area contributed by atoms with E-state index in [-0.39, 0.29) is 0 Å². The Kier molecular flexibility index (Phi) is 13.4. The van der Waals surface area contributed by atoms with Crippen LogP contribution in [0.25, 0.3) is 0 Å². The predicted molar refractivity (Wildman–Crippen MR) is 69.4 cm³/mol. The van der Waals surface area contributed by atoms with Gasteiger partial charge in [-0.3, -0.25) is 0 Å². The van der Waals surface area contributed by atoms with Crippen molar-refractivity contribution in [1.82, 2.24) is 5.32 Å². The van der Waals surface area contributed by atoms with E-state index in [0.29, 0.717) is 31.7 Å². The molecule has 98 valence electrons. The fraction of sp³-hybridized carbons (Fsp3) is 1.00. The highest BCUT2D eigenvalue weighted by molar-refractivity contribution is 7.99. The van der Waals surface area contributed by atoms with Crippen LogP contribution in [0.15, 0.2) is 0 Å². The third kappa shape index (κ3) is 12.3. The molecule has 0 saturated heterocycles. The van der Waals surface area contributed by atoms with Crippen molar-refractivity contribution in [1.29, 1.82) is 0 Å². The van der Waals surface area contributed by atoms with Gasteiger partial charge in [0.05, 0.1) is 33.0 Å². The highest BCUT2D eigenvalue weighted by atomic mass is 32.2. The van der Waals surface area contributed by atoms with Crippen LogP contribution in [0.3, 0.4) is 0 Å². The molecule has 0 aromatic heterocycles. The molecule has 0 aliphatic carbocycles. The monoisotopic (exact) mass is 251 g/mol. The standard InChI is InChI=1S/C11H25NO3S/c1-11(16-3)10-12-4-5-14-8-9-15-7-6-13-2/h11-12H,4-10H2,1-3H3. The van der Waals surface area contributed by atoms with Crippen molar-refractivity contribution in [3.8, 4) is 0 Å². The molecule has 0 fully saturated rings. The minimum absolute atomic E-state index is 0.642. The number of hydrogen-bond donors (Lipinski definition) is 1. The summed E-state index contributed by atoms with van der Waals surface area (Å²) in [4.78, 5) is 0. The Morgan fingerprint density at radius 3 is 2.31 bits per heavy atom. The van der Waals surface area contributed by atoms with Crippen molar-refractivity contribution in [2.75, 3.05) is 59.5 Å². The maximum atomic E-state index is 5.39. The van der Waals surface area contributed by atoms with E-state index in [9.17, 15) is 0 Å². The third-order valence-corrected chi connectivity index (χ3v) is 3.03. The molecule has 0 heterocycles. The molecule has 0 radical (unpaired) electrons. The van der Waals surface area contributed by atoms with E-state index in [2.05, 4.69) is 18.5 Å². The summed E-state index contributed by atoms with van der Waals surface area (Å²) in [5.41, 5.74) is 0. The minimum Gasteiger partial charge on any atom is -0.382 e. The average Bonchev–Trinajstić information content (AvgIpc) is 2.31. The number of rotatable bonds is 12. The summed E-state index contributed by atoms with van der Waals surface area (Å²) in [7, 11) is 1.67. The Balaban J connectivity index is 2.93. The van der Waals surface area contributed by atoms with Gasteiger partial charge in [-0.15, -0.1) is 0 Å². The first-order valence-corrected chi connectivity index (χ1v) is 6.98. The Morgan fingerprint density at radius 1 is 1.06 bits per heavy atom. The van der Waals surface area contributed by atoms with Crippen LogP contribution in [0.4, 0.5) is 0 Å². The molecule has 0 aliphatic rings. The molecule has 0 rings (SSSR count). The summed E-state index contributed by atoms with van der Waals surface area (Å²) >= 11 is 1.87. The highest BCUT2D eigenvalue weighted by Gasteiger charge is 1.97. The van der Waals surface area contributed by atoms with Gasteiger partial charge in [0.25, 0.3) is 0 Å². The molecule has 4 nitrogen and oxygen atoms in total. The molecule has 5 heteroatoms. The second kappa shape index (κ2) is 13.3. The van der Waals surface area contributed by atoms with Crippen LogP contribution in [0.5, 0.6) is 0 Å². The summed E-state index contributed by atoms with van der Waals surface area (Å²) in [6, 6.07) is 0. The molecular formula is C11H25NO3S. The van der Waals surface area contributed by atoms with Crippen molar-refractivity contribution in [3.05, 3.63) is 0 Å². The van der Waals surface area contributed by atoms with Crippen LogP contribution in [0.2, 0.25) is 0 Å². The van der Waals surface area contributed by atoms with Gasteiger partial charge in [0, 0.05) is 25.4 Å².